The average molecular weight is 1020 g/mol. The number of hydrogen-bond donors (Lipinski definition) is 2. The fraction of sp³-hybridized carbons (Fsp3) is 0.392. The van der Waals surface area contributed by atoms with Crippen LogP contribution in [0.4, 0.5) is 13.6 Å². The van der Waals surface area contributed by atoms with E-state index in [0.717, 1.165) is 68.8 Å². The van der Waals surface area contributed by atoms with Gasteiger partial charge in [-0.3, -0.25) is 9.69 Å². The van der Waals surface area contributed by atoms with E-state index in [9.17, 15) is 37.1 Å². The van der Waals surface area contributed by atoms with E-state index >= 15 is 0 Å². The van der Waals surface area contributed by atoms with Crippen LogP contribution >= 0.6 is 23.2 Å². The van der Waals surface area contributed by atoms with Crippen LogP contribution in [0.2, 0.25) is 10.0 Å². The van der Waals surface area contributed by atoms with E-state index in [1.807, 2.05) is 48.5 Å². The van der Waals surface area contributed by atoms with E-state index in [2.05, 4.69) is 10.2 Å². The number of fused-ring (bicyclic) bond motifs is 3. The Labute approximate surface area is 414 Å². The van der Waals surface area contributed by atoms with Crippen LogP contribution in [0.5, 0.6) is 17.2 Å². The molecule has 1 saturated carbocycles. The number of piperidine rings is 3. The van der Waals surface area contributed by atoms with Crippen molar-refractivity contribution < 1.29 is 55.6 Å². The molecule has 1 aromatic heterocycles. The number of nitrogens with one attached hydrogen (secondary N) is 1. The first kappa shape index (κ1) is 49.3. The van der Waals surface area contributed by atoms with Crippen molar-refractivity contribution in [2.45, 2.75) is 68.3 Å². The van der Waals surface area contributed by atoms with Gasteiger partial charge in [0.25, 0.3) is 0 Å². The van der Waals surface area contributed by atoms with Crippen molar-refractivity contribution in [3.05, 3.63) is 153 Å². The van der Waals surface area contributed by atoms with E-state index < -0.39 is 52.5 Å². The van der Waals surface area contributed by atoms with Gasteiger partial charge in [0.2, 0.25) is 10.0 Å². The number of benzene rings is 4. The second-order valence-electron chi connectivity index (χ2n) is 18.5. The fourth-order valence-corrected chi connectivity index (χ4v) is 11.9. The Morgan fingerprint density at radius 1 is 0.829 bits per heavy atom. The number of aliphatic carboxylic acids is 1. The first-order valence-corrected chi connectivity index (χ1v) is 25.5. The maximum atomic E-state index is 14.0. The van der Waals surface area contributed by atoms with Crippen LogP contribution in [0, 0.1) is 28.9 Å². The zero-order chi connectivity index (χ0) is 49.1. The molecule has 1 amide bonds. The van der Waals surface area contributed by atoms with Crippen LogP contribution < -0.4 is 24.3 Å². The fourth-order valence-electron chi connectivity index (χ4n) is 9.74. The predicted octanol–water partition coefficient (Wildman–Crippen LogP) is 8.85. The number of hydrogen-bond acceptors (Lipinski definition) is 10. The number of carbonyl (C=O) groups is 2. The van der Waals surface area contributed by atoms with Gasteiger partial charge in [-0.15, -0.1) is 0 Å². The van der Waals surface area contributed by atoms with Gasteiger partial charge < -0.3 is 34.6 Å². The number of rotatable bonds is 20. The Bertz CT molecular complexity index is 2760. The number of ether oxygens (including phenoxy) is 4. The largest absolute Gasteiger partial charge is 0.619 e. The maximum Gasteiger partial charge on any atom is 0.408 e. The first-order valence-electron chi connectivity index (χ1n) is 23.3. The summed E-state index contributed by atoms with van der Waals surface area (Å²) in [5.41, 5.74) is 3.00. The summed E-state index contributed by atoms with van der Waals surface area (Å²) in [5, 5.41) is 26.0. The SMILES string of the molecule is O=C(NC(c1ccccc1)c1cccc(OCc2ccc(S(=O)(=O)N3CC(C(C(=O)O)[C@H](Cc4c(Cl)c[n+]([O-])cc4Cl)c4ccc(OC(F)F)c(OCC5CC5)c4)C3)cc2)c1)O[C@H]1CN2CCC1CC2. The van der Waals surface area contributed by atoms with Crippen LogP contribution in [0.15, 0.2) is 114 Å². The van der Waals surface area contributed by atoms with Gasteiger partial charge in [-0.2, -0.15) is 17.8 Å². The Kier molecular flexibility index (Phi) is 15.0. The standard InChI is InChI=1S/C51H52Cl2F2N4O10S/c52-42-26-58(63)27-43(53)41(42)23-40(35-13-16-44(68-50(54)55)45(22-35)67-30-31-9-10-31)47(49(60)61)37-24-59(25-37)70(64,65)39-14-11-32(12-15-39)29-66-38-8-4-7-36(21-38)48(34-5-2-1-3-6-34)56-51(62)69-46-28-57-19-17-33(46)18-20-57/h1-8,11-16,21-22,26-27,31,33,37,40,46-48,50H,9-10,17-20,23-25,28-30H2,(H,56,62)(H,60,61)/t40-,46+,47?,48?/m1/s1. The highest BCUT2D eigenvalue weighted by Gasteiger charge is 2.47. The molecule has 2 bridgehead atoms. The van der Waals surface area contributed by atoms with E-state index in [4.69, 9.17) is 42.1 Å². The van der Waals surface area contributed by atoms with Crippen molar-refractivity contribution in [2.24, 2.45) is 23.7 Å². The molecule has 14 nitrogen and oxygen atoms in total. The molecule has 4 atom stereocenters. The van der Waals surface area contributed by atoms with E-state index in [1.54, 1.807) is 18.2 Å². The summed E-state index contributed by atoms with van der Waals surface area (Å²) in [6, 6.07) is 26.9. The molecule has 5 aliphatic rings. The van der Waals surface area contributed by atoms with Gasteiger partial charge in [0.05, 0.1) is 23.5 Å². The van der Waals surface area contributed by atoms with Gasteiger partial charge in [-0.25, -0.2) is 13.2 Å². The van der Waals surface area contributed by atoms with Crippen molar-refractivity contribution in [3.8, 4) is 17.2 Å². The molecular formula is C51H52Cl2F2N4O10S. The van der Waals surface area contributed by atoms with Crippen LogP contribution in [0.3, 0.4) is 0 Å². The van der Waals surface area contributed by atoms with E-state index in [1.165, 1.54) is 34.6 Å². The topological polar surface area (TPSA) is 171 Å². The lowest BCUT2D eigenvalue weighted by Gasteiger charge is -2.43. The molecule has 5 aromatic rings. The van der Waals surface area contributed by atoms with Crippen LogP contribution in [0.1, 0.15) is 65.5 Å². The quantitative estimate of drug-likeness (QED) is 0.0564. The summed E-state index contributed by atoms with van der Waals surface area (Å²) in [4.78, 5) is 28.9. The highest BCUT2D eigenvalue weighted by Crippen LogP contribution is 2.44. The number of nitrogens with zero attached hydrogens (tertiary/aromatic N) is 3. The second kappa shape index (κ2) is 21.3. The number of pyridine rings is 1. The molecule has 2 N–H and O–H groups in total. The summed E-state index contributed by atoms with van der Waals surface area (Å²) >= 11 is 13.0. The summed E-state index contributed by atoms with van der Waals surface area (Å²) < 4.78 is 79.3. The van der Waals surface area contributed by atoms with Gasteiger partial charge in [0, 0.05) is 37.0 Å². The molecule has 4 aliphatic heterocycles. The molecule has 70 heavy (non-hydrogen) atoms. The molecule has 2 unspecified atom stereocenters. The van der Waals surface area contributed by atoms with Crippen molar-refractivity contribution in [3.63, 3.8) is 0 Å². The number of amides is 1. The molecule has 4 saturated heterocycles. The zero-order valence-electron chi connectivity index (χ0n) is 37.9. The Balaban J connectivity index is 0.873. The number of alkyl carbamates (subject to hydrolysis) is 1. The van der Waals surface area contributed by atoms with E-state index in [0.29, 0.717) is 27.5 Å². The van der Waals surface area contributed by atoms with Crippen LogP contribution in [-0.4, -0.2) is 86.8 Å². The molecule has 370 valence electrons. The average Bonchev–Trinajstić information content (AvgIpc) is 4.16. The van der Waals surface area contributed by atoms with Crippen LogP contribution in [0.25, 0.3) is 0 Å². The smallest absolute Gasteiger partial charge is 0.408 e. The van der Waals surface area contributed by atoms with E-state index in [-0.39, 0.29) is 76.7 Å². The molecule has 1 aliphatic carbocycles. The van der Waals surface area contributed by atoms with Crippen molar-refractivity contribution in [1.29, 1.82) is 0 Å². The summed E-state index contributed by atoms with van der Waals surface area (Å²) in [6.07, 6.45) is 5.34. The van der Waals surface area contributed by atoms with Gasteiger partial charge in [-0.05, 0) is 116 Å². The molecule has 0 radical (unpaired) electrons. The minimum absolute atomic E-state index is 0.00266. The number of aromatic nitrogens is 1. The van der Waals surface area contributed by atoms with Gasteiger partial charge >= 0.3 is 18.7 Å². The van der Waals surface area contributed by atoms with Crippen molar-refractivity contribution in [2.75, 3.05) is 39.3 Å². The second-order valence-corrected chi connectivity index (χ2v) is 21.2. The Hall–Kier alpha value is -5.72. The molecule has 5 heterocycles. The molecule has 0 spiro atoms. The number of sulfonamides is 1. The lowest BCUT2D eigenvalue weighted by atomic mass is 9.73. The summed E-state index contributed by atoms with van der Waals surface area (Å²) in [5.74, 6) is -3.16. The van der Waals surface area contributed by atoms with Crippen molar-refractivity contribution >= 4 is 45.3 Å². The number of halogens is 4. The monoisotopic (exact) mass is 1020 g/mol. The number of carboxylic acids is 1. The molecular weight excluding hydrogens is 970 g/mol. The normalized spacial score (nSPS) is 20.5. The minimum atomic E-state index is -4.08. The maximum absolute atomic E-state index is 14.0. The highest BCUT2D eigenvalue weighted by molar-refractivity contribution is 7.89. The predicted molar refractivity (Wildman–Crippen MR) is 255 cm³/mol. The summed E-state index contributed by atoms with van der Waals surface area (Å²) in [7, 11) is -4.08. The zero-order valence-corrected chi connectivity index (χ0v) is 40.2. The number of alkyl halides is 2. The number of carbonyl (C=O) groups excluding carboxylic acids is 1. The third-order valence-electron chi connectivity index (χ3n) is 13.8. The molecule has 19 heteroatoms. The molecule has 10 rings (SSSR count). The van der Waals surface area contributed by atoms with Gasteiger partial charge in [0.1, 0.15) is 28.5 Å². The molecule has 4 aromatic carbocycles. The lowest BCUT2D eigenvalue weighted by molar-refractivity contribution is -0.605. The third-order valence-corrected chi connectivity index (χ3v) is 16.3. The lowest BCUT2D eigenvalue weighted by Crippen LogP contribution is -2.55. The first-order chi connectivity index (χ1) is 33.7. The van der Waals surface area contributed by atoms with Crippen molar-refractivity contribution in [1.82, 2.24) is 14.5 Å². The van der Waals surface area contributed by atoms with Gasteiger partial charge in [0.15, 0.2) is 23.9 Å². The highest BCUT2D eigenvalue weighted by atomic mass is 35.5. The Morgan fingerprint density at radius 3 is 2.17 bits per heavy atom. The third kappa shape index (κ3) is 11.6. The summed E-state index contributed by atoms with van der Waals surface area (Å²) in [6.45, 7) is -0.247. The number of carboxylic acid groups (broad SMARTS) is 1. The van der Waals surface area contributed by atoms with Crippen LogP contribution in [-0.2, 0) is 32.6 Å². The molecule has 5 fully saturated rings. The Morgan fingerprint density at radius 2 is 1.53 bits per heavy atom. The minimum Gasteiger partial charge on any atom is -0.619 e. The van der Waals surface area contributed by atoms with Gasteiger partial charge in [-0.1, -0.05) is 83.9 Å².